The Hall–Kier alpha value is -1.32. The Kier molecular flexibility index (Phi) is 5.02. The highest BCUT2D eigenvalue weighted by Gasteiger charge is 2.02. The molecule has 1 aromatic rings. The van der Waals surface area contributed by atoms with Crippen LogP contribution in [-0.4, -0.2) is 17.6 Å². The molecule has 1 atom stereocenters. The van der Waals surface area contributed by atoms with E-state index in [2.05, 4.69) is 5.32 Å². The van der Waals surface area contributed by atoms with Crippen molar-refractivity contribution in [1.29, 1.82) is 0 Å². The molecule has 0 aliphatic carbocycles. The van der Waals surface area contributed by atoms with Gasteiger partial charge in [-0.1, -0.05) is 29.8 Å². The van der Waals surface area contributed by atoms with E-state index in [-0.39, 0.29) is 6.04 Å². The van der Waals surface area contributed by atoms with Crippen LogP contribution in [0.3, 0.4) is 0 Å². The van der Waals surface area contributed by atoms with Crippen molar-refractivity contribution in [1.82, 2.24) is 5.32 Å². The molecule has 3 nitrogen and oxygen atoms in total. The van der Waals surface area contributed by atoms with Gasteiger partial charge in [0.1, 0.15) is 0 Å². The fourth-order valence-corrected chi connectivity index (χ4v) is 1.40. The van der Waals surface area contributed by atoms with Gasteiger partial charge in [0, 0.05) is 23.7 Å². The summed E-state index contributed by atoms with van der Waals surface area (Å²) in [5.41, 5.74) is 1.12. The van der Waals surface area contributed by atoms with Gasteiger partial charge in [-0.3, -0.25) is 0 Å². The molecule has 0 aromatic heterocycles. The van der Waals surface area contributed by atoms with E-state index in [9.17, 15) is 4.79 Å². The van der Waals surface area contributed by atoms with Gasteiger partial charge in [0.15, 0.2) is 0 Å². The molecular formula is C12H14ClNO2. The van der Waals surface area contributed by atoms with Gasteiger partial charge < -0.3 is 10.4 Å². The van der Waals surface area contributed by atoms with Gasteiger partial charge >= 0.3 is 5.97 Å². The third-order valence-electron chi connectivity index (χ3n) is 2.17. The minimum absolute atomic E-state index is 0.163. The number of carbonyl (C=O) groups is 1. The molecule has 0 aliphatic heterocycles. The van der Waals surface area contributed by atoms with E-state index in [1.165, 1.54) is 0 Å². The van der Waals surface area contributed by atoms with E-state index < -0.39 is 5.97 Å². The lowest BCUT2D eigenvalue weighted by molar-refractivity contribution is -0.131. The van der Waals surface area contributed by atoms with E-state index >= 15 is 0 Å². The predicted molar refractivity (Wildman–Crippen MR) is 64.6 cm³/mol. The van der Waals surface area contributed by atoms with Crippen LogP contribution in [0.15, 0.2) is 36.4 Å². The normalized spacial score (nSPS) is 12.9. The quantitative estimate of drug-likeness (QED) is 0.777. The molecule has 0 heterocycles. The minimum atomic E-state index is -0.930. The molecule has 16 heavy (non-hydrogen) atoms. The lowest BCUT2D eigenvalue weighted by Crippen LogP contribution is -2.18. The summed E-state index contributed by atoms with van der Waals surface area (Å²) in [6.07, 6.45) is 2.70. The van der Waals surface area contributed by atoms with Crippen LogP contribution in [-0.2, 0) is 4.79 Å². The second-order valence-corrected chi connectivity index (χ2v) is 3.86. The van der Waals surface area contributed by atoms with Crippen molar-refractivity contribution in [2.45, 2.75) is 13.0 Å². The summed E-state index contributed by atoms with van der Waals surface area (Å²) in [7, 11) is 0. The molecule has 0 saturated carbocycles. The predicted octanol–water partition coefficient (Wildman–Crippen LogP) is 2.63. The van der Waals surface area contributed by atoms with Crippen molar-refractivity contribution < 1.29 is 9.90 Å². The number of carboxylic acid groups (broad SMARTS) is 1. The Morgan fingerprint density at radius 3 is 2.69 bits per heavy atom. The molecule has 86 valence electrons. The van der Waals surface area contributed by atoms with Crippen LogP contribution >= 0.6 is 11.6 Å². The van der Waals surface area contributed by atoms with Gasteiger partial charge in [-0.2, -0.15) is 0 Å². The van der Waals surface area contributed by atoms with E-state index in [4.69, 9.17) is 16.7 Å². The summed E-state index contributed by atoms with van der Waals surface area (Å²) in [6, 6.07) is 7.72. The standard InChI is InChI=1S/C12H14ClNO2/c1-9(14-8-2-3-12(15)16)10-4-6-11(13)7-5-10/h2-7,9,14H,8H2,1H3,(H,15,16)/b3-2+. The average Bonchev–Trinajstić information content (AvgIpc) is 2.25. The summed E-state index contributed by atoms with van der Waals surface area (Å²) in [5.74, 6) is -0.930. The second-order valence-electron chi connectivity index (χ2n) is 3.42. The largest absolute Gasteiger partial charge is 0.478 e. The van der Waals surface area contributed by atoms with Crippen molar-refractivity contribution in [2.24, 2.45) is 0 Å². The van der Waals surface area contributed by atoms with Gasteiger partial charge in [0.25, 0.3) is 0 Å². The highest BCUT2D eigenvalue weighted by molar-refractivity contribution is 6.30. The number of rotatable bonds is 5. The van der Waals surface area contributed by atoms with Crippen LogP contribution in [0.25, 0.3) is 0 Å². The molecule has 2 N–H and O–H groups in total. The number of hydrogen-bond acceptors (Lipinski definition) is 2. The third kappa shape index (κ3) is 4.47. The van der Waals surface area contributed by atoms with Crippen molar-refractivity contribution in [3.63, 3.8) is 0 Å². The Morgan fingerprint density at radius 2 is 2.12 bits per heavy atom. The first kappa shape index (κ1) is 12.7. The Morgan fingerprint density at radius 1 is 1.50 bits per heavy atom. The van der Waals surface area contributed by atoms with Crippen LogP contribution in [0, 0.1) is 0 Å². The van der Waals surface area contributed by atoms with Crippen LogP contribution < -0.4 is 5.32 Å². The van der Waals surface area contributed by atoms with Crippen molar-refractivity contribution >= 4 is 17.6 Å². The van der Waals surface area contributed by atoms with Gasteiger partial charge in [0.05, 0.1) is 0 Å². The zero-order chi connectivity index (χ0) is 12.0. The molecule has 0 bridgehead atoms. The van der Waals surface area contributed by atoms with Crippen LogP contribution in [0.2, 0.25) is 5.02 Å². The van der Waals surface area contributed by atoms with Gasteiger partial charge in [-0.25, -0.2) is 4.79 Å². The molecule has 1 unspecified atom stereocenters. The Bertz CT molecular complexity index is 373. The SMILES string of the molecule is CC(NC/C=C/C(=O)O)c1ccc(Cl)cc1. The lowest BCUT2D eigenvalue weighted by atomic mass is 10.1. The smallest absolute Gasteiger partial charge is 0.328 e. The van der Waals surface area contributed by atoms with Gasteiger partial charge in [0.2, 0.25) is 0 Å². The molecule has 4 heteroatoms. The first-order valence-electron chi connectivity index (χ1n) is 4.98. The fourth-order valence-electron chi connectivity index (χ4n) is 1.27. The molecule has 0 amide bonds. The highest BCUT2D eigenvalue weighted by atomic mass is 35.5. The molecule has 0 radical (unpaired) electrons. The summed E-state index contributed by atoms with van der Waals surface area (Å²) in [5, 5.41) is 12.3. The maximum absolute atomic E-state index is 10.2. The molecule has 0 spiro atoms. The molecular weight excluding hydrogens is 226 g/mol. The second kappa shape index (κ2) is 6.30. The fraction of sp³-hybridized carbons (Fsp3) is 0.250. The number of halogens is 1. The Labute approximate surface area is 99.7 Å². The van der Waals surface area contributed by atoms with E-state index in [1.807, 2.05) is 31.2 Å². The van der Waals surface area contributed by atoms with E-state index in [0.29, 0.717) is 11.6 Å². The molecule has 0 aliphatic rings. The number of carboxylic acids is 1. The number of aliphatic carboxylic acids is 1. The van der Waals surface area contributed by atoms with Gasteiger partial charge in [-0.05, 0) is 24.6 Å². The lowest BCUT2D eigenvalue weighted by Gasteiger charge is -2.12. The van der Waals surface area contributed by atoms with E-state index in [0.717, 1.165) is 11.6 Å². The van der Waals surface area contributed by atoms with E-state index in [1.54, 1.807) is 6.08 Å². The monoisotopic (exact) mass is 239 g/mol. The summed E-state index contributed by atoms with van der Waals surface area (Å²) in [6.45, 7) is 2.54. The Balaban J connectivity index is 2.43. The zero-order valence-electron chi connectivity index (χ0n) is 8.98. The summed E-state index contributed by atoms with van der Waals surface area (Å²) < 4.78 is 0. The van der Waals surface area contributed by atoms with Crippen LogP contribution in [0.1, 0.15) is 18.5 Å². The first-order chi connectivity index (χ1) is 7.59. The topological polar surface area (TPSA) is 49.3 Å². The zero-order valence-corrected chi connectivity index (χ0v) is 9.74. The molecule has 1 rings (SSSR count). The first-order valence-corrected chi connectivity index (χ1v) is 5.35. The molecule has 0 saturated heterocycles. The average molecular weight is 240 g/mol. The van der Waals surface area contributed by atoms with Gasteiger partial charge in [-0.15, -0.1) is 0 Å². The van der Waals surface area contributed by atoms with Crippen molar-refractivity contribution in [2.75, 3.05) is 6.54 Å². The maximum atomic E-state index is 10.2. The summed E-state index contributed by atoms with van der Waals surface area (Å²) in [4.78, 5) is 10.2. The number of hydrogen-bond donors (Lipinski definition) is 2. The van der Waals surface area contributed by atoms with Crippen LogP contribution in [0.5, 0.6) is 0 Å². The maximum Gasteiger partial charge on any atom is 0.328 e. The minimum Gasteiger partial charge on any atom is -0.478 e. The molecule has 0 fully saturated rings. The van der Waals surface area contributed by atoms with Crippen molar-refractivity contribution in [3.8, 4) is 0 Å². The number of nitrogens with one attached hydrogen (secondary N) is 1. The molecule has 1 aromatic carbocycles. The summed E-state index contributed by atoms with van der Waals surface area (Å²) >= 11 is 5.78. The van der Waals surface area contributed by atoms with Crippen molar-refractivity contribution in [3.05, 3.63) is 47.0 Å². The van der Waals surface area contributed by atoms with Crippen LogP contribution in [0.4, 0.5) is 0 Å². The number of benzene rings is 1. The third-order valence-corrected chi connectivity index (χ3v) is 2.42. The highest BCUT2D eigenvalue weighted by Crippen LogP contribution is 2.15.